The van der Waals surface area contributed by atoms with Crippen molar-refractivity contribution in [1.82, 2.24) is 15.0 Å². The fourth-order valence-electron chi connectivity index (χ4n) is 3.12. The second-order valence-electron chi connectivity index (χ2n) is 7.27. The molecule has 0 bridgehead atoms. The Morgan fingerprint density at radius 3 is 2.62 bits per heavy atom. The van der Waals surface area contributed by atoms with Crippen molar-refractivity contribution in [2.24, 2.45) is 0 Å². The Hall–Kier alpha value is -3.57. The lowest BCUT2D eigenvalue weighted by molar-refractivity contribution is -0.384. The van der Waals surface area contributed by atoms with Crippen LogP contribution in [-0.4, -0.2) is 77.6 Å². The van der Waals surface area contributed by atoms with Crippen molar-refractivity contribution < 1.29 is 23.8 Å². The maximum atomic E-state index is 12.8. The number of nitro groups is 1. The van der Waals surface area contributed by atoms with E-state index in [4.69, 9.17) is 9.26 Å². The van der Waals surface area contributed by atoms with Gasteiger partial charge in [0.25, 0.3) is 5.69 Å². The molecule has 1 saturated heterocycles. The Bertz CT molecular complexity index is 965. The fourth-order valence-corrected chi connectivity index (χ4v) is 3.12. The molecule has 0 spiro atoms. The third-order valence-electron chi connectivity index (χ3n) is 4.85. The topological polar surface area (TPSA) is 131 Å². The first kappa shape index (κ1) is 23.1. The van der Waals surface area contributed by atoms with Crippen molar-refractivity contribution in [3.8, 4) is 0 Å². The molecule has 1 aromatic carbocycles. The van der Waals surface area contributed by atoms with E-state index in [1.807, 2.05) is 0 Å². The Labute approximate surface area is 184 Å². The summed E-state index contributed by atoms with van der Waals surface area (Å²) in [7, 11) is 0. The van der Waals surface area contributed by atoms with E-state index in [-0.39, 0.29) is 24.0 Å². The quantitative estimate of drug-likeness (QED) is 0.352. The molecule has 1 aliphatic heterocycles. The molecule has 11 nitrogen and oxygen atoms in total. The van der Waals surface area contributed by atoms with Crippen LogP contribution in [0.15, 0.2) is 40.9 Å². The molecule has 0 unspecified atom stereocenters. The van der Waals surface area contributed by atoms with Gasteiger partial charge < -0.3 is 19.5 Å². The zero-order valence-corrected chi connectivity index (χ0v) is 17.7. The monoisotopic (exact) mass is 443 g/mol. The second kappa shape index (κ2) is 11.2. The minimum atomic E-state index is -0.485. The van der Waals surface area contributed by atoms with Gasteiger partial charge >= 0.3 is 0 Å². The first-order chi connectivity index (χ1) is 15.4. The number of non-ortho nitro benzene ring substituents is 1. The second-order valence-corrected chi connectivity index (χ2v) is 7.27. The Balaban J connectivity index is 1.64. The van der Waals surface area contributed by atoms with E-state index in [0.717, 1.165) is 13.1 Å². The number of nitrogens with zero attached hydrogens (tertiary/aromatic N) is 4. The molecule has 0 saturated carbocycles. The van der Waals surface area contributed by atoms with Gasteiger partial charge in [0.1, 0.15) is 12.3 Å². The van der Waals surface area contributed by atoms with Gasteiger partial charge in [0.2, 0.25) is 11.8 Å². The van der Waals surface area contributed by atoms with E-state index in [1.54, 1.807) is 31.2 Å². The largest absolute Gasteiger partial charge is 0.379 e. The van der Waals surface area contributed by atoms with Crippen LogP contribution < -0.4 is 5.32 Å². The number of benzene rings is 1. The number of rotatable bonds is 9. The summed E-state index contributed by atoms with van der Waals surface area (Å²) in [6.07, 6.45) is 2.92. The van der Waals surface area contributed by atoms with Gasteiger partial charge in [0, 0.05) is 50.5 Å². The molecular formula is C21H25N5O6. The van der Waals surface area contributed by atoms with Gasteiger partial charge in [0.05, 0.1) is 18.1 Å². The number of aryl methyl sites for hydroxylation is 1. The number of amides is 2. The SMILES string of the molecule is Cc1cc(NC(=O)CN(CCN2CCOCC2)C(=O)C=Cc2ccc([N+](=O)[O-])cc2)no1. The minimum absolute atomic E-state index is 0.0274. The molecule has 0 atom stereocenters. The molecule has 0 radical (unpaired) electrons. The van der Waals surface area contributed by atoms with Gasteiger partial charge in [-0.3, -0.25) is 24.6 Å². The Morgan fingerprint density at radius 1 is 1.28 bits per heavy atom. The summed E-state index contributed by atoms with van der Waals surface area (Å²) >= 11 is 0. The highest BCUT2D eigenvalue weighted by atomic mass is 16.6. The predicted octanol–water partition coefficient (Wildman–Crippen LogP) is 1.70. The molecule has 1 aliphatic rings. The lowest BCUT2D eigenvalue weighted by Gasteiger charge is -2.29. The molecule has 2 aromatic rings. The highest BCUT2D eigenvalue weighted by Gasteiger charge is 2.19. The fraction of sp³-hybridized carbons (Fsp3) is 0.381. The van der Waals surface area contributed by atoms with Crippen LogP contribution in [0.25, 0.3) is 6.08 Å². The lowest BCUT2D eigenvalue weighted by atomic mass is 10.2. The Morgan fingerprint density at radius 2 is 2.00 bits per heavy atom. The number of carbonyl (C=O) groups is 2. The maximum absolute atomic E-state index is 12.8. The molecule has 1 aromatic heterocycles. The summed E-state index contributed by atoms with van der Waals surface area (Å²) in [4.78, 5) is 39.2. The number of anilines is 1. The van der Waals surface area contributed by atoms with Crippen LogP contribution in [0.2, 0.25) is 0 Å². The van der Waals surface area contributed by atoms with Crippen molar-refractivity contribution in [3.05, 3.63) is 57.8 Å². The average Bonchev–Trinajstić information content (AvgIpc) is 3.20. The van der Waals surface area contributed by atoms with E-state index in [0.29, 0.717) is 37.6 Å². The van der Waals surface area contributed by atoms with E-state index >= 15 is 0 Å². The van der Waals surface area contributed by atoms with E-state index in [1.165, 1.54) is 23.1 Å². The van der Waals surface area contributed by atoms with E-state index < -0.39 is 10.8 Å². The minimum Gasteiger partial charge on any atom is -0.379 e. The molecule has 11 heteroatoms. The average molecular weight is 443 g/mol. The third-order valence-corrected chi connectivity index (χ3v) is 4.85. The summed E-state index contributed by atoms with van der Waals surface area (Å²) in [5.74, 6) is 0.113. The smallest absolute Gasteiger partial charge is 0.269 e. The van der Waals surface area contributed by atoms with Crippen molar-refractivity contribution in [2.75, 3.05) is 51.3 Å². The predicted molar refractivity (Wildman–Crippen MR) is 116 cm³/mol. The number of hydrogen-bond donors (Lipinski definition) is 1. The number of ether oxygens (including phenoxy) is 1. The summed E-state index contributed by atoms with van der Waals surface area (Å²) in [5, 5.41) is 17.1. The van der Waals surface area contributed by atoms with Crippen molar-refractivity contribution in [1.29, 1.82) is 0 Å². The van der Waals surface area contributed by atoms with Crippen molar-refractivity contribution in [2.45, 2.75) is 6.92 Å². The van der Waals surface area contributed by atoms with Crippen molar-refractivity contribution in [3.63, 3.8) is 0 Å². The van der Waals surface area contributed by atoms with Crippen LogP contribution >= 0.6 is 0 Å². The van der Waals surface area contributed by atoms with Crippen LogP contribution in [0.5, 0.6) is 0 Å². The van der Waals surface area contributed by atoms with Gasteiger partial charge in [-0.1, -0.05) is 5.16 Å². The molecule has 32 heavy (non-hydrogen) atoms. The summed E-state index contributed by atoms with van der Waals surface area (Å²) < 4.78 is 10.3. The number of morpholine rings is 1. The van der Waals surface area contributed by atoms with Crippen LogP contribution in [0, 0.1) is 17.0 Å². The van der Waals surface area contributed by atoms with Gasteiger partial charge in [-0.15, -0.1) is 0 Å². The molecular weight excluding hydrogens is 418 g/mol. The normalized spacial score (nSPS) is 14.4. The highest BCUT2D eigenvalue weighted by molar-refractivity contribution is 5.97. The van der Waals surface area contributed by atoms with E-state index in [9.17, 15) is 19.7 Å². The van der Waals surface area contributed by atoms with Crippen LogP contribution in [-0.2, 0) is 14.3 Å². The summed E-state index contributed by atoms with van der Waals surface area (Å²) in [6, 6.07) is 7.44. The first-order valence-electron chi connectivity index (χ1n) is 10.2. The molecule has 170 valence electrons. The number of carbonyl (C=O) groups excluding carboxylic acids is 2. The number of aromatic nitrogens is 1. The van der Waals surface area contributed by atoms with Crippen LogP contribution in [0.4, 0.5) is 11.5 Å². The van der Waals surface area contributed by atoms with E-state index in [2.05, 4.69) is 15.4 Å². The lowest BCUT2D eigenvalue weighted by Crippen LogP contribution is -2.45. The Kier molecular flexibility index (Phi) is 8.06. The van der Waals surface area contributed by atoms with Crippen LogP contribution in [0.3, 0.4) is 0 Å². The molecule has 0 aliphatic carbocycles. The molecule has 2 heterocycles. The zero-order chi connectivity index (χ0) is 22.9. The molecule has 3 rings (SSSR count). The zero-order valence-electron chi connectivity index (χ0n) is 17.7. The number of nitro benzene ring substituents is 1. The molecule has 2 amide bonds. The summed E-state index contributed by atoms with van der Waals surface area (Å²) in [6.45, 7) is 5.34. The van der Waals surface area contributed by atoms with Gasteiger partial charge in [-0.25, -0.2) is 0 Å². The summed E-state index contributed by atoms with van der Waals surface area (Å²) in [5.41, 5.74) is 0.611. The highest BCUT2D eigenvalue weighted by Crippen LogP contribution is 2.13. The van der Waals surface area contributed by atoms with Gasteiger partial charge in [-0.2, -0.15) is 0 Å². The van der Waals surface area contributed by atoms with Crippen LogP contribution in [0.1, 0.15) is 11.3 Å². The molecule has 1 fully saturated rings. The first-order valence-corrected chi connectivity index (χ1v) is 10.2. The standard InChI is InChI=1S/C21H25N5O6/c1-16-14-19(23-32-16)22-20(27)15-25(9-8-24-10-12-31-13-11-24)21(28)7-4-17-2-5-18(6-3-17)26(29)30/h2-7,14H,8-13,15H2,1H3,(H,22,23,27). The third kappa shape index (κ3) is 7.00. The van der Waals surface area contributed by atoms with Crippen molar-refractivity contribution >= 4 is 29.4 Å². The number of nitrogens with one attached hydrogen (secondary N) is 1. The molecule has 1 N–H and O–H groups in total. The van der Waals surface area contributed by atoms with Gasteiger partial charge in [0.15, 0.2) is 5.82 Å². The maximum Gasteiger partial charge on any atom is 0.269 e. The number of hydrogen-bond acceptors (Lipinski definition) is 8. The van der Waals surface area contributed by atoms with Gasteiger partial charge in [-0.05, 0) is 30.7 Å².